The highest BCUT2D eigenvalue weighted by Gasteiger charge is 2.01. The molecule has 0 fully saturated rings. The van der Waals surface area contributed by atoms with Gasteiger partial charge in [0.1, 0.15) is 0 Å². The van der Waals surface area contributed by atoms with Gasteiger partial charge in [-0.05, 0) is 32.6 Å². The number of rotatable bonds is 9. The Bertz CT molecular complexity index is 173. The smallest absolute Gasteiger partial charge is 0.305 e. The second-order valence-electron chi connectivity index (χ2n) is 3.74. The number of carbonyl (C=O) groups excluding carboxylic acids is 1. The zero-order valence-corrected chi connectivity index (χ0v) is 10.1. The van der Waals surface area contributed by atoms with Gasteiger partial charge in [-0.2, -0.15) is 0 Å². The first-order chi connectivity index (χ1) is 7.31. The summed E-state index contributed by atoms with van der Waals surface area (Å²) in [4.78, 5) is 11.2. The SMILES string of the molecule is C/C=C/CCCCCC(=O)OCCCC. The van der Waals surface area contributed by atoms with Crippen LogP contribution in [0.1, 0.15) is 58.8 Å². The van der Waals surface area contributed by atoms with E-state index in [9.17, 15) is 4.79 Å². The van der Waals surface area contributed by atoms with Gasteiger partial charge in [0, 0.05) is 6.42 Å². The second-order valence-corrected chi connectivity index (χ2v) is 3.74. The van der Waals surface area contributed by atoms with E-state index in [1.807, 2.05) is 6.92 Å². The highest BCUT2D eigenvalue weighted by molar-refractivity contribution is 5.69. The van der Waals surface area contributed by atoms with Crippen LogP contribution in [0.5, 0.6) is 0 Å². The minimum Gasteiger partial charge on any atom is -0.466 e. The maximum Gasteiger partial charge on any atom is 0.305 e. The molecular weight excluding hydrogens is 188 g/mol. The van der Waals surface area contributed by atoms with Gasteiger partial charge < -0.3 is 4.74 Å². The number of hydrogen-bond acceptors (Lipinski definition) is 2. The fraction of sp³-hybridized carbons (Fsp3) is 0.769. The van der Waals surface area contributed by atoms with Gasteiger partial charge in [-0.25, -0.2) is 0 Å². The third kappa shape index (κ3) is 11.1. The lowest BCUT2D eigenvalue weighted by atomic mass is 10.1. The third-order valence-corrected chi connectivity index (χ3v) is 2.25. The summed E-state index contributed by atoms with van der Waals surface area (Å²) in [6.07, 6.45) is 11.3. The van der Waals surface area contributed by atoms with Crippen molar-refractivity contribution in [2.24, 2.45) is 0 Å². The number of allylic oxidation sites excluding steroid dienone is 2. The highest BCUT2D eigenvalue weighted by Crippen LogP contribution is 2.05. The Labute approximate surface area is 93.7 Å². The van der Waals surface area contributed by atoms with E-state index in [0.29, 0.717) is 13.0 Å². The minimum atomic E-state index is -0.0329. The Kier molecular flexibility index (Phi) is 10.7. The number of ether oxygens (including phenoxy) is 1. The third-order valence-electron chi connectivity index (χ3n) is 2.25. The first kappa shape index (κ1) is 14.2. The van der Waals surface area contributed by atoms with Crippen molar-refractivity contribution in [1.29, 1.82) is 0 Å². The molecule has 0 aromatic rings. The molecule has 0 unspecified atom stereocenters. The number of hydrogen-bond donors (Lipinski definition) is 0. The topological polar surface area (TPSA) is 26.3 Å². The van der Waals surface area contributed by atoms with Crippen LogP contribution in [0.15, 0.2) is 12.2 Å². The van der Waals surface area contributed by atoms with Gasteiger partial charge in [-0.1, -0.05) is 31.9 Å². The van der Waals surface area contributed by atoms with E-state index in [1.165, 1.54) is 6.42 Å². The summed E-state index contributed by atoms with van der Waals surface area (Å²) < 4.78 is 5.06. The lowest BCUT2D eigenvalue weighted by molar-refractivity contribution is -0.143. The lowest BCUT2D eigenvalue weighted by Gasteiger charge is -2.03. The van der Waals surface area contributed by atoms with E-state index in [2.05, 4.69) is 19.1 Å². The summed E-state index contributed by atoms with van der Waals surface area (Å²) >= 11 is 0. The van der Waals surface area contributed by atoms with E-state index in [4.69, 9.17) is 4.74 Å². The normalized spacial score (nSPS) is 10.8. The zero-order valence-electron chi connectivity index (χ0n) is 10.1. The highest BCUT2D eigenvalue weighted by atomic mass is 16.5. The van der Waals surface area contributed by atoms with Gasteiger partial charge in [-0.15, -0.1) is 0 Å². The molecule has 0 saturated heterocycles. The van der Waals surface area contributed by atoms with Crippen molar-refractivity contribution in [2.75, 3.05) is 6.61 Å². The van der Waals surface area contributed by atoms with Crippen LogP contribution in [-0.2, 0) is 9.53 Å². The number of esters is 1. The summed E-state index contributed by atoms with van der Waals surface area (Å²) in [6.45, 7) is 4.72. The van der Waals surface area contributed by atoms with Gasteiger partial charge in [-0.3, -0.25) is 4.79 Å². The second kappa shape index (κ2) is 11.3. The van der Waals surface area contributed by atoms with Crippen molar-refractivity contribution in [3.63, 3.8) is 0 Å². The molecule has 0 spiro atoms. The first-order valence-electron chi connectivity index (χ1n) is 6.08. The first-order valence-corrected chi connectivity index (χ1v) is 6.08. The van der Waals surface area contributed by atoms with Crippen molar-refractivity contribution in [3.05, 3.63) is 12.2 Å². The standard InChI is InChI=1S/C13H24O2/c1-3-5-7-8-9-10-11-13(14)15-12-6-4-2/h3,5H,4,6-12H2,1-2H3/b5-3+. The van der Waals surface area contributed by atoms with Crippen molar-refractivity contribution < 1.29 is 9.53 Å². The van der Waals surface area contributed by atoms with Crippen LogP contribution >= 0.6 is 0 Å². The van der Waals surface area contributed by atoms with Gasteiger partial charge in [0.05, 0.1) is 6.61 Å². The molecule has 2 heteroatoms. The maximum atomic E-state index is 11.2. The van der Waals surface area contributed by atoms with Crippen molar-refractivity contribution in [2.45, 2.75) is 58.8 Å². The van der Waals surface area contributed by atoms with E-state index < -0.39 is 0 Å². The molecule has 0 N–H and O–H groups in total. The average Bonchev–Trinajstić information content (AvgIpc) is 2.23. The predicted molar refractivity (Wildman–Crippen MR) is 63.8 cm³/mol. The fourth-order valence-electron chi connectivity index (χ4n) is 1.28. The van der Waals surface area contributed by atoms with E-state index in [-0.39, 0.29) is 5.97 Å². The van der Waals surface area contributed by atoms with Gasteiger partial charge in [0.25, 0.3) is 0 Å². The quantitative estimate of drug-likeness (QED) is 0.329. The van der Waals surface area contributed by atoms with Crippen molar-refractivity contribution in [3.8, 4) is 0 Å². The molecule has 15 heavy (non-hydrogen) atoms. The number of unbranched alkanes of at least 4 members (excludes halogenated alkanes) is 4. The summed E-state index contributed by atoms with van der Waals surface area (Å²) in [5.41, 5.74) is 0. The molecule has 2 nitrogen and oxygen atoms in total. The molecule has 0 atom stereocenters. The molecule has 88 valence electrons. The molecule has 0 bridgehead atoms. The lowest BCUT2D eigenvalue weighted by Crippen LogP contribution is -2.05. The van der Waals surface area contributed by atoms with Crippen LogP contribution in [-0.4, -0.2) is 12.6 Å². The Morgan fingerprint density at radius 2 is 2.00 bits per heavy atom. The van der Waals surface area contributed by atoms with Crippen LogP contribution in [0.2, 0.25) is 0 Å². The molecule has 0 aliphatic rings. The van der Waals surface area contributed by atoms with Crippen LogP contribution in [0.3, 0.4) is 0 Å². The van der Waals surface area contributed by atoms with E-state index in [1.54, 1.807) is 0 Å². The summed E-state index contributed by atoms with van der Waals surface area (Å²) in [5.74, 6) is -0.0329. The number of carbonyl (C=O) groups is 1. The van der Waals surface area contributed by atoms with Crippen LogP contribution in [0, 0.1) is 0 Å². The van der Waals surface area contributed by atoms with Crippen LogP contribution < -0.4 is 0 Å². The molecule has 0 rings (SSSR count). The minimum absolute atomic E-state index is 0.0329. The Morgan fingerprint density at radius 1 is 1.20 bits per heavy atom. The van der Waals surface area contributed by atoms with Gasteiger partial charge in [0.2, 0.25) is 0 Å². The van der Waals surface area contributed by atoms with E-state index >= 15 is 0 Å². The molecule has 0 aliphatic carbocycles. The largest absolute Gasteiger partial charge is 0.466 e. The van der Waals surface area contributed by atoms with Gasteiger partial charge in [0.15, 0.2) is 0 Å². The van der Waals surface area contributed by atoms with Crippen LogP contribution in [0.4, 0.5) is 0 Å². The zero-order chi connectivity index (χ0) is 11.4. The van der Waals surface area contributed by atoms with Crippen molar-refractivity contribution in [1.82, 2.24) is 0 Å². The monoisotopic (exact) mass is 212 g/mol. The molecule has 0 amide bonds. The van der Waals surface area contributed by atoms with Crippen LogP contribution in [0.25, 0.3) is 0 Å². The van der Waals surface area contributed by atoms with E-state index in [0.717, 1.165) is 32.1 Å². The molecule has 0 saturated carbocycles. The van der Waals surface area contributed by atoms with Crippen molar-refractivity contribution >= 4 is 5.97 Å². The fourth-order valence-corrected chi connectivity index (χ4v) is 1.28. The molecule has 0 aliphatic heterocycles. The summed E-state index contributed by atoms with van der Waals surface area (Å²) in [6, 6.07) is 0. The Morgan fingerprint density at radius 3 is 2.67 bits per heavy atom. The Hall–Kier alpha value is -0.790. The molecule has 0 heterocycles. The molecule has 0 aromatic carbocycles. The Balaban J connectivity index is 3.16. The molecular formula is C13H24O2. The summed E-state index contributed by atoms with van der Waals surface area (Å²) in [5, 5.41) is 0. The molecule has 0 radical (unpaired) electrons. The van der Waals surface area contributed by atoms with Gasteiger partial charge >= 0.3 is 5.97 Å². The maximum absolute atomic E-state index is 11.2. The predicted octanol–water partition coefficient (Wildman–Crippen LogP) is 3.86. The summed E-state index contributed by atoms with van der Waals surface area (Å²) in [7, 11) is 0. The molecule has 0 aromatic heterocycles. The average molecular weight is 212 g/mol.